The molecular weight excluding hydrogens is 316 g/mol. The summed E-state index contributed by atoms with van der Waals surface area (Å²) < 4.78 is 26.0. The summed E-state index contributed by atoms with van der Waals surface area (Å²) in [4.78, 5) is 23.3. The predicted molar refractivity (Wildman–Crippen MR) is 77.2 cm³/mol. The highest BCUT2D eigenvalue weighted by Crippen LogP contribution is 2.22. The van der Waals surface area contributed by atoms with Crippen LogP contribution < -0.4 is 5.32 Å². The number of rotatable bonds is 3. The van der Waals surface area contributed by atoms with E-state index in [1.54, 1.807) is 6.07 Å². The fraction of sp³-hybridized carbons (Fsp3) is 0.385. The molecule has 0 aromatic heterocycles. The van der Waals surface area contributed by atoms with E-state index in [0.717, 1.165) is 4.31 Å². The highest BCUT2D eigenvalue weighted by molar-refractivity contribution is 7.89. The van der Waals surface area contributed by atoms with Gasteiger partial charge in [0.2, 0.25) is 21.8 Å². The maximum Gasteiger partial charge on any atom is 0.244 e. The van der Waals surface area contributed by atoms with Crippen LogP contribution in [0.25, 0.3) is 0 Å². The van der Waals surface area contributed by atoms with Crippen molar-refractivity contribution < 1.29 is 18.0 Å². The van der Waals surface area contributed by atoms with Gasteiger partial charge in [-0.05, 0) is 31.0 Å². The van der Waals surface area contributed by atoms with Gasteiger partial charge in [0.1, 0.15) is 6.04 Å². The number of amides is 2. The van der Waals surface area contributed by atoms with Crippen LogP contribution in [0.5, 0.6) is 0 Å². The second-order valence-electron chi connectivity index (χ2n) is 4.80. The number of nitrogens with zero attached hydrogens (tertiary/aromatic N) is 1. The van der Waals surface area contributed by atoms with Crippen molar-refractivity contribution in [3.05, 3.63) is 29.3 Å². The van der Waals surface area contributed by atoms with E-state index < -0.39 is 22.0 Å². The number of carbonyl (C=O) groups is 2. The summed E-state index contributed by atoms with van der Waals surface area (Å²) in [6.45, 7) is 0. The number of hydrogen-bond donors (Lipinski definition) is 1. The van der Waals surface area contributed by atoms with Crippen LogP contribution in [-0.4, -0.2) is 37.6 Å². The Hall–Kier alpha value is -1.44. The molecule has 8 heteroatoms. The Morgan fingerprint density at radius 3 is 2.71 bits per heavy atom. The van der Waals surface area contributed by atoms with Crippen molar-refractivity contribution in [2.75, 3.05) is 7.05 Å². The minimum absolute atomic E-state index is 0.0147. The van der Waals surface area contributed by atoms with E-state index in [4.69, 9.17) is 11.6 Å². The molecule has 21 heavy (non-hydrogen) atoms. The molecule has 0 spiro atoms. The minimum Gasteiger partial charge on any atom is -0.295 e. The Labute approximate surface area is 128 Å². The quantitative estimate of drug-likeness (QED) is 0.843. The van der Waals surface area contributed by atoms with Crippen molar-refractivity contribution in [2.24, 2.45) is 0 Å². The Balaban J connectivity index is 2.31. The Morgan fingerprint density at radius 1 is 1.33 bits per heavy atom. The van der Waals surface area contributed by atoms with E-state index in [-0.39, 0.29) is 17.2 Å². The SMILES string of the molecule is CN(C1CCCC(=O)NC1=O)S(=O)(=O)c1cccc(Cl)c1. The van der Waals surface area contributed by atoms with Crippen LogP contribution in [0.15, 0.2) is 29.2 Å². The van der Waals surface area contributed by atoms with Gasteiger partial charge in [0, 0.05) is 18.5 Å². The maximum absolute atomic E-state index is 12.5. The first-order chi connectivity index (χ1) is 9.82. The highest BCUT2D eigenvalue weighted by atomic mass is 35.5. The molecule has 1 unspecified atom stereocenters. The lowest BCUT2D eigenvalue weighted by molar-refractivity contribution is -0.131. The normalized spacial score (nSPS) is 20.2. The van der Waals surface area contributed by atoms with Crippen LogP contribution in [0.4, 0.5) is 0 Å². The topological polar surface area (TPSA) is 83.6 Å². The maximum atomic E-state index is 12.5. The van der Waals surface area contributed by atoms with Crippen molar-refractivity contribution in [1.29, 1.82) is 0 Å². The lowest BCUT2D eigenvalue weighted by Crippen LogP contribution is -2.47. The van der Waals surface area contributed by atoms with Gasteiger partial charge in [0.15, 0.2) is 0 Å². The van der Waals surface area contributed by atoms with Crippen molar-refractivity contribution in [2.45, 2.75) is 30.2 Å². The van der Waals surface area contributed by atoms with E-state index in [1.165, 1.54) is 25.2 Å². The van der Waals surface area contributed by atoms with Gasteiger partial charge < -0.3 is 0 Å². The zero-order valence-corrected chi connectivity index (χ0v) is 12.9. The van der Waals surface area contributed by atoms with E-state index in [9.17, 15) is 18.0 Å². The van der Waals surface area contributed by atoms with Gasteiger partial charge in [0.25, 0.3) is 0 Å². The Kier molecular flexibility index (Phi) is 4.65. The third-order valence-electron chi connectivity index (χ3n) is 3.36. The smallest absolute Gasteiger partial charge is 0.244 e. The van der Waals surface area contributed by atoms with E-state index in [1.807, 2.05) is 0 Å². The molecule has 0 bridgehead atoms. The molecule has 1 heterocycles. The second kappa shape index (κ2) is 6.13. The first-order valence-corrected chi connectivity index (χ1v) is 8.21. The summed E-state index contributed by atoms with van der Waals surface area (Å²) in [5.74, 6) is -0.971. The molecule has 1 aromatic carbocycles. The largest absolute Gasteiger partial charge is 0.295 e. The molecule has 6 nitrogen and oxygen atoms in total. The van der Waals surface area contributed by atoms with Crippen LogP contribution in [0, 0.1) is 0 Å². The van der Waals surface area contributed by atoms with Gasteiger partial charge in [-0.3, -0.25) is 14.9 Å². The third-order valence-corrected chi connectivity index (χ3v) is 5.46. The molecule has 1 aliphatic rings. The van der Waals surface area contributed by atoms with Crippen molar-refractivity contribution in [1.82, 2.24) is 9.62 Å². The first kappa shape index (κ1) is 15.9. The molecule has 114 valence electrons. The number of halogens is 1. The minimum atomic E-state index is -3.85. The molecule has 0 aliphatic carbocycles. The third kappa shape index (κ3) is 3.42. The average Bonchev–Trinajstić information content (AvgIpc) is 2.58. The zero-order valence-electron chi connectivity index (χ0n) is 11.4. The molecular formula is C13H15ClN2O4S. The summed E-state index contributed by atoms with van der Waals surface area (Å²) >= 11 is 5.81. The molecule has 2 amide bonds. The van der Waals surface area contributed by atoms with Crippen LogP contribution in [0.1, 0.15) is 19.3 Å². The van der Waals surface area contributed by atoms with Gasteiger partial charge in [-0.2, -0.15) is 4.31 Å². The average molecular weight is 331 g/mol. The van der Waals surface area contributed by atoms with Crippen LogP contribution in [-0.2, 0) is 19.6 Å². The molecule has 2 rings (SSSR count). The summed E-state index contributed by atoms with van der Waals surface area (Å²) in [6.07, 6.45) is 0.971. The summed E-state index contributed by atoms with van der Waals surface area (Å²) in [7, 11) is -2.52. The molecule has 1 fully saturated rings. The van der Waals surface area contributed by atoms with Gasteiger partial charge >= 0.3 is 0 Å². The van der Waals surface area contributed by atoms with Gasteiger partial charge in [-0.1, -0.05) is 17.7 Å². The van der Waals surface area contributed by atoms with Crippen LogP contribution in [0.3, 0.4) is 0 Å². The standard InChI is InChI=1S/C13H15ClN2O4S/c1-16(11-6-3-7-12(17)15-13(11)18)21(19,20)10-5-2-4-9(14)8-10/h2,4-5,8,11H,3,6-7H2,1H3,(H,15,17,18). The molecule has 0 radical (unpaired) electrons. The number of sulfonamides is 1. The monoisotopic (exact) mass is 330 g/mol. The van der Waals surface area contributed by atoms with Gasteiger partial charge in [0.05, 0.1) is 4.90 Å². The van der Waals surface area contributed by atoms with Gasteiger partial charge in [-0.15, -0.1) is 0 Å². The number of imide groups is 1. The lowest BCUT2D eigenvalue weighted by Gasteiger charge is -2.24. The molecule has 1 atom stereocenters. The summed E-state index contributed by atoms with van der Waals surface area (Å²) in [5, 5.41) is 2.49. The van der Waals surface area contributed by atoms with Crippen LogP contribution >= 0.6 is 11.6 Å². The number of benzene rings is 1. The lowest BCUT2D eigenvalue weighted by atomic mass is 10.1. The zero-order chi connectivity index (χ0) is 15.6. The number of likely N-dealkylation sites (N-methyl/N-ethyl adjacent to an activating group) is 1. The number of carbonyl (C=O) groups excluding carboxylic acids is 2. The fourth-order valence-electron chi connectivity index (χ4n) is 2.18. The van der Waals surface area contributed by atoms with Crippen molar-refractivity contribution in [3.8, 4) is 0 Å². The molecule has 0 saturated carbocycles. The molecule has 1 saturated heterocycles. The number of nitrogens with one attached hydrogen (secondary N) is 1. The molecule has 1 aliphatic heterocycles. The molecule has 1 N–H and O–H groups in total. The number of hydrogen-bond acceptors (Lipinski definition) is 4. The Bertz CT molecular complexity index is 675. The van der Waals surface area contributed by atoms with E-state index in [0.29, 0.717) is 17.9 Å². The first-order valence-electron chi connectivity index (χ1n) is 6.39. The van der Waals surface area contributed by atoms with E-state index in [2.05, 4.69) is 5.32 Å². The van der Waals surface area contributed by atoms with Gasteiger partial charge in [-0.25, -0.2) is 8.42 Å². The van der Waals surface area contributed by atoms with Crippen LogP contribution in [0.2, 0.25) is 5.02 Å². The Morgan fingerprint density at radius 2 is 2.05 bits per heavy atom. The molecule has 1 aromatic rings. The summed E-state index contributed by atoms with van der Waals surface area (Å²) in [6, 6.07) is 4.93. The summed E-state index contributed by atoms with van der Waals surface area (Å²) in [5.41, 5.74) is 0. The fourth-order valence-corrected chi connectivity index (χ4v) is 3.83. The highest BCUT2D eigenvalue weighted by Gasteiger charge is 2.34. The predicted octanol–water partition coefficient (Wildman–Crippen LogP) is 1.16. The van der Waals surface area contributed by atoms with Crippen molar-refractivity contribution in [3.63, 3.8) is 0 Å². The van der Waals surface area contributed by atoms with Crippen molar-refractivity contribution >= 4 is 33.4 Å². The van der Waals surface area contributed by atoms with E-state index >= 15 is 0 Å². The second-order valence-corrected chi connectivity index (χ2v) is 7.23.